The number of nitrogens with one attached hydrogen (secondary N) is 2. The van der Waals surface area contributed by atoms with Crippen molar-refractivity contribution >= 4 is 11.8 Å². The number of nitrogens with zero attached hydrogens (tertiary/aromatic N) is 3. The van der Waals surface area contributed by atoms with Crippen LogP contribution in [0.25, 0.3) is 0 Å². The molecule has 0 bridgehead atoms. The molecule has 1 aromatic rings. The number of hydrogen-bond donors (Lipinski definition) is 2. The molecule has 130 valence electrons. The fraction of sp³-hybridized carbons (Fsp3) is 0.500. The van der Waals surface area contributed by atoms with Crippen LogP contribution in [0, 0.1) is 10.8 Å². The second-order valence-electron chi connectivity index (χ2n) is 5.62. The Morgan fingerprint density at radius 1 is 1.33 bits per heavy atom. The second-order valence-corrected chi connectivity index (χ2v) is 5.62. The van der Waals surface area contributed by atoms with Crippen molar-refractivity contribution in [2.24, 2.45) is 11.1 Å². The highest BCUT2D eigenvalue weighted by atomic mass is 16.5. The van der Waals surface area contributed by atoms with Gasteiger partial charge < -0.3 is 20.1 Å². The SMILES string of the molecule is CNc1ncc(OC2=C(C(C)C)C=C(OC)C(N=O)C2)c(NC)n1. The summed E-state index contributed by atoms with van der Waals surface area (Å²) in [5, 5.41) is 9.00. The van der Waals surface area contributed by atoms with Crippen molar-refractivity contribution in [1.29, 1.82) is 0 Å². The molecule has 8 heteroatoms. The number of aromatic nitrogens is 2. The van der Waals surface area contributed by atoms with Crippen LogP contribution in [0.2, 0.25) is 0 Å². The van der Waals surface area contributed by atoms with E-state index >= 15 is 0 Å². The zero-order chi connectivity index (χ0) is 17.7. The number of anilines is 2. The van der Waals surface area contributed by atoms with Gasteiger partial charge in [-0.3, -0.25) is 0 Å². The fourth-order valence-electron chi connectivity index (χ4n) is 2.48. The largest absolute Gasteiger partial charge is 0.499 e. The third-order valence-corrected chi connectivity index (χ3v) is 3.76. The number of ether oxygens (including phenoxy) is 2. The van der Waals surface area contributed by atoms with Gasteiger partial charge in [-0.1, -0.05) is 19.0 Å². The number of rotatable bonds is 7. The van der Waals surface area contributed by atoms with Gasteiger partial charge in [-0.2, -0.15) is 9.89 Å². The lowest BCUT2D eigenvalue weighted by Crippen LogP contribution is -2.20. The standard InChI is InChI=1S/C16H23N5O3/c1-9(2)10-6-13(23-5)11(21-22)7-12(10)24-14-8-19-16(18-4)20-15(14)17-3/h6,8-9,11H,7H2,1-5H3,(H2,17,18,19,20). The Balaban J connectivity index is 2.41. The summed E-state index contributed by atoms with van der Waals surface area (Å²) in [5.41, 5.74) is 0.964. The Kier molecular flexibility index (Phi) is 5.73. The molecule has 0 saturated heterocycles. The average molecular weight is 333 g/mol. The number of allylic oxidation sites excluding steroid dienone is 2. The van der Waals surface area contributed by atoms with E-state index in [4.69, 9.17) is 9.47 Å². The highest BCUT2D eigenvalue weighted by molar-refractivity contribution is 5.52. The summed E-state index contributed by atoms with van der Waals surface area (Å²) in [4.78, 5) is 19.6. The van der Waals surface area contributed by atoms with Gasteiger partial charge in [-0.15, -0.1) is 0 Å². The van der Waals surface area contributed by atoms with Gasteiger partial charge in [0.25, 0.3) is 0 Å². The van der Waals surface area contributed by atoms with Crippen LogP contribution in [0.5, 0.6) is 5.75 Å². The first-order chi connectivity index (χ1) is 11.5. The lowest BCUT2D eigenvalue weighted by atomic mass is 9.92. The van der Waals surface area contributed by atoms with Crippen molar-refractivity contribution < 1.29 is 9.47 Å². The third-order valence-electron chi connectivity index (χ3n) is 3.76. The molecule has 24 heavy (non-hydrogen) atoms. The molecule has 0 amide bonds. The highest BCUT2D eigenvalue weighted by Gasteiger charge is 2.28. The molecule has 0 fully saturated rings. The fourth-order valence-corrected chi connectivity index (χ4v) is 2.48. The number of hydrogen-bond acceptors (Lipinski definition) is 8. The van der Waals surface area contributed by atoms with E-state index in [9.17, 15) is 4.91 Å². The van der Waals surface area contributed by atoms with Crippen LogP contribution in [-0.2, 0) is 4.74 Å². The topological polar surface area (TPSA) is 97.7 Å². The van der Waals surface area contributed by atoms with Gasteiger partial charge in [0.15, 0.2) is 17.6 Å². The van der Waals surface area contributed by atoms with Crippen molar-refractivity contribution in [3.8, 4) is 5.75 Å². The van der Waals surface area contributed by atoms with E-state index in [1.807, 2.05) is 6.08 Å². The second kappa shape index (κ2) is 7.76. The molecule has 1 heterocycles. The van der Waals surface area contributed by atoms with Crippen LogP contribution < -0.4 is 15.4 Å². The Hall–Kier alpha value is -2.64. The molecule has 0 spiro atoms. The van der Waals surface area contributed by atoms with Gasteiger partial charge in [0.05, 0.1) is 13.3 Å². The summed E-state index contributed by atoms with van der Waals surface area (Å²) < 4.78 is 11.3. The van der Waals surface area contributed by atoms with Crippen LogP contribution in [0.1, 0.15) is 20.3 Å². The van der Waals surface area contributed by atoms with Crippen LogP contribution in [0.4, 0.5) is 11.8 Å². The van der Waals surface area contributed by atoms with E-state index in [0.29, 0.717) is 35.5 Å². The molecule has 0 aromatic carbocycles. The first kappa shape index (κ1) is 17.7. The molecule has 8 nitrogen and oxygen atoms in total. The van der Waals surface area contributed by atoms with Crippen molar-refractivity contribution in [3.63, 3.8) is 0 Å². The quantitative estimate of drug-likeness (QED) is 0.740. The van der Waals surface area contributed by atoms with Gasteiger partial charge in [-0.25, -0.2) is 4.98 Å². The predicted molar refractivity (Wildman–Crippen MR) is 92.9 cm³/mol. The Morgan fingerprint density at radius 3 is 2.62 bits per heavy atom. The maximum Gasteiger partial charge on any atom is 0.224 e. The van der Waals surface area contributed by atoms with Gasteiger partial charge >= 0.3 is 0 Å². The number of nitroso groups, excluding NO2 is 1. The Morgan fingerprint density at radius 2 is 2.08 bits per heavy atom. The summed E-state index contributed by atoms with van der Waals surface area (Å²) in [7, 11) is 5.04. The maximum absolute atomic E-state index is 11.1. The zero-order valence-corrected chi connectivity index (χ0v) is 14.6. The van der Waals surface area contributed by atoms with Gasteiger partial charge in [0, 0.05) is 20.5 Å². The predicted octanol–water partition coefficient (Wildman–Crippen LogP) is 2.92. The summed E-state index contributed by atoms with van der Waals surface area (Å²) in [6.45, 7) is 4.10. The lowest BCUT2D eigenvalue weighted by Gasteiger charge is -2.25. The summed E-state index contributed by atoms with van der Waals surface area (Å²) >= 11 is 0. The molecule has 1 aliphatic carbocycles. The maximum atomic E-state index is 11.1. The first-order valence-electron chi connectivity index (χ1n) is 7.75. The van der Waals surface area contributed by atoms with Gasteiger partial charge in [0.1, 0.15) is 11.5 Å². The normalized spacial score (nSPS) is 17.4. The molecule has 2 N–H and O–H groups in total. The van der Waals surface area contributed by atoms with E-state index < -0.39 is 6.04 Å². The van der Waals surface area contributed by atoms with Crippen LogP contribution in [0.15, 0.2) is 34.5 Å². The molecule has 0 radical (unpaired) electrons. The molecule has 1 unspecified atom stereocenters. The van der Waals surface area contributed by atoms with E-state index in [2.05, 4.69) is 39.6 Å². The zero-order valence-electron chi connectivity index (χ0n) is 14.6. The van der Waals surface area contributed by atoms with Gasteiger partial charge in [0.2, 0.25) is 5.95 Å². The van der Waals surface area contributed by atoms with Crippen molar-refractivity contribution in [3.05, 3.63) is 34.3 Å². The summed E-state index contributed by atoms with van der Waals surface area (Å²) in [5.74, 6) is 2.96. The summed E-state index contributed by atoms with van der Waals surface area (Å²) in [6, 6.07) is -0.594. The minimum absolute atomic E-state index is 0.202. The van der Waals surface area contributed by atoms with Crippen LogP contribution in [-0.4, -0.2) is 37.2 Å². The molecule has 1 aromatic heterocycles. The number of methoxy groups -OCH3 is 1. The van der Waals surface area contributed by atoms with E-state index in [1.54, 1.807) is 20.3 Å². The minimum atomic E-state index is -0.594. The van der Waals surface area contributed by atoms with Crippen molar-refractivity contribution in [2.45, 2.75) is 26.3 Å². The lowest BCUT2D eigenvalue weighted by molar-refractivity contribution is 0.249. The molecular weight excluding hydrogens is 310 g/mol. The summed E-state index contributed by atoms with van der Waals surface area (Å²) in [6.07, 6.45) is 3.76. The monoisotopic (exact) mass is 333 g/mol. The average Bonchev–Trinajstić information content (AvgIpc) is 2.61. The molecule has 1 aliphatic rings. The van der Waals surface area contributed by atoms with E-state index in [1.165, 1.54) is 7.11 Å². The van der Waals surface area contributed by atoms with E-state index in [-0.39, 0.29) is 5.92 Å². The van der Waals surface area contributed by atoms with Crippen molar-refractivity contribution in [1.82, 2.24) is 9.97 Å². The molecule has 2 rings (SSSR count). The molecule has 0 aliphatic heterocycles. The first-order valence-corrected chi connectivity index (χ1v) is 7.75. The van der Waals surface area contributed by atoms with Crippen molar-refractivity contribution in [2.75, 3.05) is 31.8 Å². The van der Waals surface area contributed by atoms with E-state index in [0.717, 1.165) is 5.57 Å². The molecule has 1 atom stereocenters. The molecular formula is C16H23N5O3. The van der Waals surface area contributed by atoms with Gasteiger partial charge in [-0.05, 0) is 17.6 Å². The third kappa shape index (κ3) is 3.64. The Labute approximate surface area is 141 Å². The Bertz CT molecular complexity index is 670. The highest BCUT2D eigenvalue weighted by Crippen LogP contribution is 2.34. The smallest absolute Gasteiger partial charge is 0.224 e. The van der Waals surface area contributed by atoms with Crippen LogP contribution >= 0.6 is 0 Å². The molecule has 0 saturated carbocycles. The van der Waals surface area contributed by atoms with Crippen LogP contribution in [0.3, 0.4) is 0 Å². The minimum Gasteiger partial charge on any atom is -0.499 e.